The molecule has 1 aromatic carbocycles. The number of hydrogen-bond donors (Lipinski definition) is 1. The van der Waals surface area contributed by atoms with Crippen LogP contribution in [0, 0.1) is 5.92 Å². The molecule has 1 aliphatic rings. The van der Waals surface area contributed by atoms with Gasteiger partial charge in [0, 0.05) is 13.6 Å². The lowest BCUT2D eigenvalue weighted by molar-refractivity contribution is 0.342. The van der Waals surface area contributed by atoms with Crippen molar-refractivity contribution in [3.63, 3.8) is 0 Å². The van der Waals surface area contributed by atoms with Gasteiger partial charge in [-0.15, -0.1) is 0 Å². The summed E-state index contributed by atoms with van der Waals surface area (Å²) in [5.41, 5.74) is 8.03. The number of hydrogen-bond acceptors (Lipinski definition) is 3. The minimum Gasteiger partial charge on any atom is -0.492 e. The first-order valence-electron chi connectivity index (χ1n) is 6.94. The molecular formula is C15H24N2O. The Hall–Kier alpha value is -1.38. The number of benzene rings is 1. The van der Waals surface area contributed by atoms with Gasteiger partial charge in [-0.1, -0.05) is 18.9 Å². The molecule has 3 heteroatoms. The maximum atomic E-state index is 6.18. The van der Waals surface area contributed by atoms with Gasteiger partial charge in [-0.3, -0.25) is 0 Å². The molecule has 100 valence electrons. The van der Waals surface area contributed by atoms with E-state index in [0.717, 1.165) is 29.6 Å². The van der Waals surface area contributed by atoms with Crippen LogP contribution < -0.4 is 15.4 Å². The third-order valence-electron chi connectivity index (χ3n) is 3.76. The first-order chi connectivity index (χ1) is 8.72. The number of nitrogens with two attached hydrogens (primary N) is 1. The molecule has 2 rings (SSSR count). The SMILES string of the molecule is CCOc1cccc(N(C)CC2CCCC2)c1N. The van der Waals surface area contributed by atoms with Gasteiger partial charge in [0.25, 0.3) is 0 Å². The molecule has 3 nitrogen and oxygen atoms in total. The van der Waals surface area contributed by atoms with Gasteiger partial charge >= 0.3 is 0 Å². The van der Waals surface area contributed by atoms with Crippen LogP contribution in [0.4, 0.5) is 11.4 Å². The van der Waals surface area contributed by atoms with Crippen molar-refractivity contribution in [2.75, 3.05) is 30.8 Å². The first kappa shape index (κ1) is 13.1. The van der Waals surface area contributed by atoms with Crippen LogP contribution in [-0.2, 0) is 0 Å². The second kappa shape index (κ2) is 5.98. The zero-order chi connectivity index (χ0) is 13.0. The molecule has 0 heterocycles. The Morgan fingerprint density at radius 3 is 2.72 bits per heavy atom. The van der Waals surface area contributed by atoms with Crippen molar-refractivity contribution in [3.8, 4) is 5.75 Å². The molecule has 0 spiro atoms. The van der Waals surface area contributed by atoms with Gasteiger partial charge < -0.3 is 15.4 Å². The van der Waals surface area contributed by atoms with Crippen molar-refractivity contribution >= 4 is 11.4 Å². The number of rotatable bonds is 5. The van der Waals surface area contributed by atoms with E-state index in [2.05, 4.69) is 18.0 Å². The molecule has 18 heavy (non-hydrogen) atoms. The number of anilines is 2. The summed E-state index contributed by atoms with van der Waals surface area (Å²) in [5.74, 6) is 1.62. The summed E-state index contributed by atoms with van der Waals surface area (Å²) in [7, 11) is 2.12. The average Bonchev–Trinajstić information content (AvgIpc) is 2.85. The predicted molar refractivity (Wildman–Crippen MR) is 77.3 cm³/mol. The van der Waals surface area contributed by atoms with Crippen LogP contribution in [0.3, 0.4) is 0 Å². The van der Waals surface area contributed by atoms with Gasteiger partial charge in [0.15, 0.2) is 0 Å². The summed E-state index contributed by atoms with van der Waals surface area (Å²) in [6.07, 6.45) is 5.48. The Labute approximate surface area is 110 Å². The van der Waals surface area contributed by atoms with Gasteiger partial charge in [-0.05, 0) is 37.8 Å². The summed E-state index contributed by atoms with van der Waals surface area (Å²) in [4.78, 5) is 2.27. The van der Waals surface area contributed by atoms with Crippen LogP contribution in [0.1, 0.15) is 32.6 Å². The molecule has 1 aliphatic carbocycles. The highest BCUT2D eigenvalue weighted by molar-refractivity contribution is 5.73. The van der Waals surface area contributed by atoms with Crippen molar-refractivity contribution in [2.45, 2.75) is 32.6 Å². The number of ether oxygens (including phenoxy) is 1. The fraction of sp³-hybridized carbons (Fsp3) is 0.600. The monoisotopic (exact) mass is 248 g/mol. The van der Waals surface area contributed by atoms with Crippen LogP contribution in [0.25, 0.3) is 0 Å². The molecule has 2 N–H and O–H groups in total. The van der Waals surface area contributed by atoms with Crippen LogP contribution >= 0.6 is 0 Å². The molecule has 1 saturated carbocycles. The predicted octanol–water partition coefficient (Wildman–Crippen LogP) is 3.29. The Bertz CT molecular complexity index is 386. The molecular weight excluding hydrogens is 224 g/mol. The standard InChI is InChI=1S/C15H24N2O/c1-3-18-14-10-6-9-13(15(14)16)17(2)11-12-7-4-5-8-12/h6,9-10,12H,3-5,7-8,11,16H2,1-2H3. The molecule has 0 amide bonds. The third-order valence-corrected chi connectivity index (χ3v) is 3.76. The minimum absolute atomic E-state index is 0.653. The second-order valence-corrected chi connectivity index (χ2v) is 5.15. The van der Waals surface area contributed by atoms with E-state index in [9.17, 15) is 0 Å². The molecule has 0 atom stereocenters. The van der Waals surface area contributed by atoms with Crippen LogP contribution in [0.5, 0.6) is 5.75 Å². The van der Waals surface area contributed by atoms with E-state index in [-0.39, 0.29) is 0 Å². The molecule has 0 unspecified atom stereocenters. The highest BCUT2D eigenvalue weighted by Crippen LogP contribution is 2.33. The van der Waals surface area contributed by atoms with Crippen molar-refractivity contribution in [1.29, 1.82) is 0 Å². The molecule has 1 fully saturated rings. The van der Waals surface area contributed by atoms with Crippen LogP contribution in [0.15, 0.2) is 18.2 Å². The Kier molecular flexibility index (Phi) is 4.34. The van der Waals surface area contributed by atoms with Gasteiger partial charge in [-0.25, -0.2) is 0 Å². The summed E-state index contributed by atoms with van der Waals surface area (Å²) < 4.78 is 5.55. The largest absolute Gasteiger partial charge is 0.492 e. The summed E-state index contributed by atoms with van der Waals surface area (Å²) in [6, 6.07) is 6.03. The smallest absolute Gasteiger partial charge is 0.144 e. The van der Waals surface area contributed by atoms with Crippen molar-refractivity contribution in [2.24, 2.45) is 5.92 Å². The fourth-order valence-electron chi connectivity index (χ4n) is 2.83. The molecule has 0 aromatic heterocycles. The fourth-order valence-corrected chi connectivity index (χ4v) is 2.83. The minimum atomic E-state index is 0.653. The second-order valence-electron chi connectivity index (χ2n) is 5.15. The highest BCUT2D eigenvalue weighted by Gasteiger charge is 2.18. The third kappa shape index (κ3) is 2.89. The maximum absolute atomic E-state index is 6.18. The zero-order valence-electron chi connectivity index (χ0n) is 11.5. The Morgan fingerprint density at radius 2 is 2.06 bits per heavy atom. The van der Waals surface area contributed by atoms with Crippen molar-refractivity contribution in [3.05, 3.63) is 18.2 Å². The molecule has 0 bridgehead atoms. The lowest BCUT2D eigenvalue weighted by Crippen LogP contribution is -2.24. The first-order valence-corrected chi connectivity index (χ1v) is 6.94. The van der Waals surface area contributed by atoms with Crippen molar-refractivity contribution < 1.29 is 4.74 Å². The zero-order valence-corrected chi connectivity index (χ0v) is 11.5. The van der Waals surface area contributed by atoms with E-state index in [1.165, 1.54) is 25.7 Å². The summed E-state index contributed by atoms with van der Waals surface area (Å²) in [6.45, 7) is 3.73. The van der Waals surface area contributed by atoms with Crippen molar-refractivity contribution in [1.82, 2.24) is 0 Å². The molecule has 1 aromatic rings. The van der Waals surface area contributed by atoms with E-state index < -0.39 is 0 Å². The number of nitrogen functional groups attached to an aromatic ring is 1. The average molecular weight is 248 g/mol. The summed E-state index contributed by atoms with van der Waals surface area (Å²) >= 11 is 0. The van der Waals surface area contributed by atoms with Crippen LogP contribution in [-0.4, -0.2) is 20.2 Å². The Balaban J connectivity index is 2.08. The van der Waals surface area contributed by atoms with E-state index in [0.29, 0.717) is 6.61 Å². The van der Waals surface area contributed by atoms with Gasteiger partial charge in [0.2, 0.25) is 0 Å². The lowest BCUT2D eigenvalue weighted by Gasteiger charge is -2.25. The molecule has 0 aliphatic heterocycles. The van der Waals surface area contributed by atoms with Gasteiger partial charge in [0.1, 0.15) is 5.75 Å². The number of nitrogens with zero attached hydrogens (tertiary/aromatic N) is 1. The topological polar surface area (TPSA) is 38.5 Å². The lowest BCUT2D eigenvalue weighted by atomic mass is 10.1. The quantitative estimate of drug-likeness (QED) is 0.813. The highest BCUT2D eigenvalue weighted by atomic mass is 16.5. The van der Waals surface area contributed by atoms with E-state index in [1.54, 1.807) is 0 Å². The van der Waals surface area contributed by atoms with Gasteiger partial charge in [0.05, 0.1) is 18.0 Å². The summed E-state index contributed by atoms with van der Waals surface area (Å²) in [5, 5.41) is 0. The van der Waals surface area contributed by atoms with Crippen LogP contribution in [0.2, 0.25) is 0 Å². The van der Waals surface area contributed by atoms with E-state index in [1.807, 2.05) is 19.1 Å². The van der Waals surface area contributed by atoms with Gasteiger partial charge in [-0.2, -0.15) is 0 Å². The molecule has 0 radical (unpaired) electrons. The van der Waals surface area contributed by atoms with E-state index >= 15 is 0 Å². The Morgan fingerprint density at radius 1 is 1.33 bits per heavy atom. The normalized spacial score (nSPS) is 15.9. The maximum Gasteiger partial charge on any atom is 0.144 e. The van der Waals surface area contributed by atoms with E-state index in [4.69, 9.17) is 10.5 Å². The number of para-hydroxylation sites is 1. The molecule has 0 saturated heterocycles.